The topological polar surface area (TPSA) is 69.4 Å². The molecular formula is C12H19NO3S. The van der Waals surface area contributed by atoms with Crippen LogP contribution in [-0.4, -0.2) is 33.1 Å². The predicted molar refractivity (Wildman–Crippen MR) is 69.0 cm³/mol. The first-order valence-corrected chi connectivity index (χ1v) is 7.34. The summed E-state index contributed by atoms with van der Waals surface area (Å²) in [6, 6.07) is 7.09. The Hall–Kier alpha value is -1.07. The molecule has 1 atom stereocenters. The van der Waals surface area contributed by atoms with Crippen molar-refractivity contribution in [3.8, 4) is 5.75 Å². The van der Waals surface area contributed by atoms with Crippen LogP contribution in [0.3, 0.4) is 0 Å². The van der Waals surface area contributed by atoms with E-state index < -0.39 is 9.84 Å². The lowest BCUT2D eigenvalue weighted by atomic mass is 10.2. The third-order valence-corrected chi connectivity index (χ3v) is 4.24. The molecule has 0 fully saturated rings. The number of rotatable bonds is 6. The van der Waals surface area contributed by atoms with Gasteiger partial charge in [0.05, 0.1) is 18.6 Å². The number of benzene rings is 1. The first-order valence-electron chi connectivity index (χ1n) is 5.52. The molecule has 1 unspecified atom stereocenters. The van der Waals surface area contributed by atoms with Gasteiger partial charge in [0.1, 0.15) is 5.75 Å². The van der Waals surface area contributed by atoms with Crippen LogP contribution >= 0.6 is 0 Å². The molecule has 1 rings (SSSR count). The molecule has 0 bridgehead atoms. The largest absolute Gasteiger partial charge is 0.497 e. The second-order valence-electron chi connectivity index (χ2n) is 4.19. The molecule has 4 nitrogen and oxygen atoms in total. The lowest BCUT2D eigenvalue weighted by molar-refractivity contribution is 0.414. The minimum atomic E-state index is -3.05. The number of hydrogen-bond donors (Lipinski definition) is 1. The van der Waals surface area contributed by atoms with Gasteiger partial charge in [0.15, 0.2) is 9.84 Å². The third kappa shape index (κ3) is 5.19. The lowest BCUT2D eigenvalue weighted by Gasteiger charge is -2.07. The molecular weight excluding hydrogens is 238 g/mol. The van der Waals surface area contributed by atoms with Gasteiger partial charge < -0.3 is 10.5 Å². The van der Waals surface area contributed by atoms with Crippen molar-refractivity contribution in [3.63, 3.8) is 0 Å². The molecule has 0 heterocycles. The molecule has 0 radical (unpaired) electrons. The van der Waals surface area contributed by atoms with Gasteiger partial charge >= 0.3 is 0 Å². The highest BCUT2D eigenvalue weighted by atomic mass is 32.2. The van der Waals surface area contributed by atoms with Gasteiger partial charge in [0.2, 0.25) is 0 Å². The van der Waals surface area contributed by atoms with Gasteiger partial charge in [-0.25, -0.2) is 8.42 Å². The van der Waals surface area contributed by atoms with E-state index >= 15 is 0 Å². The highest BCUT2D eigenvalue weighted by Gasteiger charge is 2.13. The van der Waals surface area contributed by atoms with Crippen molar-refractivity contribution in [2.75, 3.05) is 18.6 Å². The summed E-state index contributed by atoms with van der Waals surface area (Å²) in [7, 11) is -1.45. The maximum absolute atomic E-state index is 11.6. The number of ether oxygens (including phenoxy) is 1. The summed E-state index contributed by atoms with van der Waals surface area (Å²) in [6.45, 7) is 1.70. The fourth-order valence-electron chi connectivity index (χ4n) is 1.55. The van der Waals surface area contributed by atoms with E-state index in [0.29, 0.717) is 6.42 Å². The molecule has 17 heavy (non-hydrogen) atoms. The van der Waals surface area contributed by atoms with Crippen molar-refractivity contribution >= 4 is 9.84 Å². The van der Waals surface area contributed by atoms with E-state index in [4.69, 9.17) is 10.5 Å². The van der Waals surface area contributed by atoms with Crippen molar-refractivity contribution < 1.29 is 13.2 Å². The summed E-state index contributed by atoms with van der Waals surface area (Å²) >= 11 is 0. The van der Waals surface area contributed by atoms with Gasteiger partial charge in [-0.15, -0.1) is 0 Å². The number of hydrogen-bond acceptors (Lipinski definition) is 4. The fraction of sp³-hybridized carbons (Fsp3) is 0.500. The van der Waals surface area contributed by atoms with Crippen molar-refractivity contribution in [1.29, 1.82) is 0 Å². The zero-order valence-electron chi connectivity index (χ0n) is 10.2. The van der Waals surface area contributed by atoms with E-state index in [0.717, 1.165) is 11.3 Å². The molecule has 1 aromatic rings. The van der Waals surface area contributed by atoms with Crippen LogP contribution in [0.5, 0.6) is 5.75 Å². The minimum absolute atomic E-state index is 0.0448. The van der Waals surface area contributed by atoms with Crippen LogP contribution in [0.2, 0.25) is 0 Å². The van der Waals surface area contributed by atoms with Gasteiger partial charge in [0.25, 0.3) is 0 Å². The molecule has 0 aromatic heterocycles. The Morgan fingerprint density at radius 2 is 1.88 bits per heavy atom. The van der Waals surface area contributed by atoms with Crippen LogP contribution in [0.1, 0.15) is 12.5 Å². The van der Waals surface area contributed by atoms with Crippen molar-refractivity contribution in [1.82, 2.24) is 0 Å². The molecule has 1 aromatic carbocycles. The quantitative estimate of drug-likeness (QED) is 0.825. The Balaban J connectivity index is 2.55. The zero-order valence-corrected chi connectivity index (χ0v) is 11.0. The molecule has 5 heteroatoms. The van der Waals surface area contributed by atoms with Gasteiger partial charge in [-0.3, -0.25) is 0 Å². The van der Waals surface area contributed by atoms with Gasteiger partial charge in [-0.1, -0.05) is 12.1 Å². The van der Waals surface area contributed by atoms with E-state index in [2.05, 4.69) is 0 Å². The highest BCUT2D eigenvalue weighted by molar-refractivity contribution is 7.91. The van der Waals surface area contributed by atoms with E-state index in [1.54, 1.807) is 14.0 Å². The van der Waals surface area contributed by atoms with E-state index in [-0.39, 0.29) is 17.5 Å². The third-order valence-electron chi connectivity index (χ3n) is 2.38. The molecule has 0 aliphatic rings. The SMILES string of the molecule is COc1ccc(CCS(=O)(=O)CC(C)N)cc1. The van der Waals surface area contributed by atoms with Crippen LogP contribution in [0.15, 0.2) is 24.3 Å². The minimum Gasteiger partial charge on any atom is -0.497 e. The highest BCUT2D eigenvalue weighted by Crippen LogP contribution is 2.12. The van der Waals surface area contributed by atoms with Gasteiger partial charge in [-0.05, 0) is 31.0 Å². The first-order chi connectivity index (χ1) is 7.93. The molecule has 0 amide bonds. The smallest absolute Gasteiger partial charge is 0.152 e. The summed E-state index contributed by atoms with van der Waals surface area (Å²) in [6.07, 6.45) is 0.513. The average molecular weight is 257 g/mol. The Morgan fingerprint density at radius 1 is 1.29 bits per heavy atom. The summed E-state index contributed by atoms with van der Waals surface area (Å²) in [5.74, 6) is 0.955. The Kier molecular flexibility index (Phi) is 4.96. The van der Waals surface area contributed by atoms with Crippen LogP contribution in [-0.2, 0) is 16.3 Å². The summed E-state index contributed by atoms with van der Waals surface area (Å²) in [5.41, 5.74) is 6.47. The Morgan fingerprint density at radius 3 is 2.35 bits per heavy atom. The Bertz CT molecular complexity index is 437. The average Bonchev–Trinajstić information content (AvgIpc) is 2.25. The van der Waals surface area contributed by atoms with Gasteiger partial charge in [0, 0.05) is 6.04 Å². The van der Waals surface area contributed by atoms with Crippen molar-refractivity contribution in [2.24, 2.45) is 5.73 Å². The summed E-state index contributed by atoms with van der Waals surface area (Å²) < 4.78 is 28.3. The van der Waals surface area contributed by atoms with E-state index in [1.807, 2.05) is 24.3 Å². The maximum Gasteiger partial charge on any atom is 0.152 e. The van der Waals surface area contributed by atoms with Crippen LogP contribution in [0, 0.1) is 0 Å². The van der Waals surface area contributed by atoms with Crippen molar-refractivity contribution in [2.45, 2.75) is 19.4 Å². The normalized spacial score (nSPS) is 13.4. The monoisotopic (exact) mass is 257 g/mol. The molecule has 0 aliphatic carbocycles. The van der Waals surface area contributed by atoms with Crippen molar-refractivity contribution in [3.05, 3.63) is 29.8 Å². The number of nitrogens with two attached hydrogens (primary N) is 1. The summed E-state index contributed by atoms with van der Waals surface area (Å²) in [5, 5.41) is 0. The fourth-order valence-corrected chi connectivity index (χ4v) is 3.06. The number of methoxy groups -OCH3 is 1. The molecule has 0 saturated carbocycles. The van der Waals surface area contributed by atoms with Crippen LogP contribution in [0.4, 0.5) is 0 Å². The summed E-state index contributed by atoms with van der Waals surface area (Å²) in [4.78, 5) is 0. The second-order valence-corrected chi connectivity index (χ2v) is 6.42. The van der Waals surface area contributed by atoms with Crippen LogP contribution in [0.25, 0.3) is 0 Å². The molecule has 0 aliphatic heterocycles. The molecule has 0 saturated heterocycles. The van der Waals surface area contributed by atoms with Gasteiger partial charge in [-0.2, -0.15) is 0 Å². The number of aryl methyl sites for hydroxylation is 1. The standard InChI is InChI=1S/C12H19NO3S/c1-10(13)9-17(14,15)8-7-11-3-5-12(16-2)6-4-11/h3-6,10H,7-9,13H2,1-2H3. The Labute approximate surface area is 103 Å². The molecule has 0 spiro atoms. The first kappa shape index (κ1) is 14.0. The van der Waals surface area contributed by atoms with Crippen LogP contribution < -0.4 is 10.5 Å². The van der Waals surface area contributed by atoms with E-state index in [1.165, 1.54) is 0 Å². The predicted octanol–water partition coefficient (Wildman–Crippen LogP) is 1.000. The number of sulfone groups is 1. The lowest BCUT2D eigenvalue weighted by Crippen LogP contribution is -2.28. The van der Waals surface area contributed by atoms with E-state index in [9.17, 15) is 8.42 Å². The second kappa shape index (κ2) is 6.02. The maximum atomic E-state index is 11.6. The zero-order chi connectivity index (χ0) is 12.9. The molecule has 2 N–H and O–H groups in total. The molecule has 96 valence electrons.